The summed E-state index contributed by atoms with van der Waals surface area (Å²) in [6.45, 7) is 6.69. The molecular formula is C13H26N2O. The van der Waals surface area contributed by atoms with Crippen LogP contribution in [0.25, 0.3) is 0 Å². The van der Waals surface area contributed by atoms with E-state index in [2.05, 4.69) is 17.6 Å². The summed E-state index contributed by atoms with van der Waals surface area (Å²) in [6, 6.07) is 0. The lowest BCUT2D eigenvalue weighted by molar-refractivity contribution is 0.103. The summed E-state index contributed by atoms with van der Waals surface area (Å²) < 4.78 is 5.62. The molecule has 2 saturated heterocycles. The summed E-state index contributed by atoms with van der Waals surface area (Å²) in [5.74, 6) is 0. The Balaban J connectivity index is 1.59. The number of ether oxygens (including phenoxy) is 1. The third kappa shape index (κ3) is 3.19. The van der Waals surface area contributed by atoms with Crippen molar-refractivity contribution in [3.8, 4) is 0 Å². The zero-order valence-corrected chi connectivity index (χ0v) is 10.6. The van der Waals surface area contributed by atoms with E-state index in [4.69, 9.17) is 4.74 Å². The van der Waals surface area contributed by atoms with Crippen molar-refractivity contribution in [1.82, 2.24) is 10.6 Å². The molecule has 2 rings (SSSR count). The van der Waals surface area contributed by atoms with Crippen LogP contribution in [0.3, 0.4) is 0 Å². The number of nitrogens with one attached hydrogen (secondary N) is 2. The van der Waals surface area contributed by atoms with E-state index in [1.807, 2.05) is 0 Å². The van der Waals surface area contributed by atoms with Crippen LogP contribution in [-0.2, 0) is 4.74 Å². The highest BCUT2D eigenvalue weighted by molar-refractivity contribution is 4.93. The normalized spacial score (nSPS) is 34.7. The van der Waals surface area contributed by atoms with Gasteiger partial charge in [0.25, 0.3) is 0 Å². The Morgan fingerprint density at radius 2 is 2.38 bits per heavy atom. The SMILES string of the molecule is CCC1(CNCCC2CCCO2)CCCN1. The molecule has 2 aliphatic rings. The molecule has 0 aliphatic carbocycles. The van der Waals surface area contributed by atoms with Crippen LogP contribution in [0.4, 0.5) is 0 Å². The third-order valence-electron chi connectivity index (χ3n) is 4.14. The van der Waals surface area contributed by atoms with Crippen LogP contribution in [0.5, 0.6) is 0 Å². The van der Waals surface area contributed by atoms with Crippen LogP contribution in [0.1, 0.15) is 45.4 Å². The molecule has 0 bridgehead atoms. The Morgan fingerprint density at radius 3 is 3.00 bits per heavy atom. The quantitative estimate of drug-likeness (QED) is 0.676. The van der Waals surface area contributed by atoms with Gasteiger partial charge in [-0.3, -0.25) is 0 Å². The average molecular weight is 226 g/mol. The Bertz CT molecular complexity index is 196. The monoisotopic (exact) mass is 226 g/mol. The molecule has 2 fully saturated rings. The second-order valence-corrected chi connectivity index (χ2v) is 5.26. The molecule has 2 atom stereocenters. The zero-order chi connectivity index (χ0) is 11.3. The van der Waals surface area contributed by atoms with Crippen molar-refractivity contribution >= 4 is 0 Å². The van der Waals surface area contributed by atoms with Gasteiger partial charge in [-0.1, -0.05) is 6.92 Å². The van der Waals surface area contributed by atoms with Crippen LogP contribution < -0.4 is 10.6 Å². The first kappa shape index (κ1) is 12.3. The van der Waals surface area contributed by atoms with Gasteiger partial charge in [-0.05, 0) is 51.6 Å². The van der Waals surface area contributed by atoms with Gasteiger partial charge < -0.3 is 15.4 Å². The fourth-order valence-electron chi connectivity index (χ4n) is 2.91. The van der Waals surface area contributed by atoms with Crippen LogP contribution in [0.2, 0.25) is 0 Å². The molecule has 2 heterocycles. The second kappa shape index (κ2) is 5.99. The maximum absolute atomic E-state index is 5.62. The minimum absolute atomic E-state index is 0.385. The van der Waals surface area contributed by atoms with E-state index in [9.17, 15) is 0 Å². The third-order valence-corrected chi connectivity index (χ3v) is 4.14. The molecule has 2 N–H and O–H groups in total. The zero-order valence-electron chi connectivity index (χ0n) is 10.6. The molecule has 0 saturated carbocycles. The van der Waals surface area contributed by atoms with Gasteiger partial charge in [-0.2, -0.15) is 0 Å². The molecule has 16 heavy (non-hydrogen) atoms. The molecule has 3 nitrogen and oxygen atoms in total. The molecular weight excluding hydrogens is 200 g/mol. The van der Waals surface area contributed by atoms with Crippen molar-refractivity contribution in [2.75, 3.05) is 26.2 Å². The van der Waals surface area contributed by atoms with E-state index in [-0.39, 0.29) is 0 Å². The van der Waals surface area contributed by atoms with Gasteiger partial charge in [0, 0.05) is 18.7 Å². The molecule has 0 aromatic rings. The highest BCUT2D eigenvalue weighted by atomic mass is 16.5. The summed E-state index contributed by atoms with van der Waals surface area (Å²) in [7, 11) is 0. The maximum Gasteiger partial charge on any atom is 0.0588 e. The largest absolute Gasteiger partial charge is 0.378 e. The van der Waals surface area contributed by atoms with E-state index < -0.39 is 0 Å². The van der Waals surface area contributed by atoms with Gasteiger partial charge >= 0.3 is 0 Å². The van der Waals surface area contributed by atoms with Crippen LogP contribution in [0, 0.1) is 0 Å². The summed E-state index contributed by atoms with van der Waals surface area (Å²) >= 11 is 0. The van der Waals surface area contributed by atoms with Gasteiger partial charge in [0.05, 0.1) is 6.10 Å². The van der Waals surface area contributed by atoms with Crippen molar-refractivity contribution in [2.24, 2.45) is 0 Å². The molecule has 94 valence electrons. The van der Waals surface area contributed by atoms with Crippen molar-refractivity contribution in [1.29, 1.82) is 0 Å². The lowest BCUT2D eigenvalue weighted by atomic mass is 9.94. The molecule has 0 amide bonds. The first-order valence-corrected chi connectivity index (χ1v) is 6.92. The van der Waals surface area contributed by atoms with Crippen molar-refractivity contribution in [2.45, 2.75) is 57.1 Å². The van der Waals surface area contributed by atoms with Gasteiger partial charge in [0.15, 0.2) is 0 Å². The Hall–Kier alpha value is -0.120. The Morgan fingerprint density at radius 1 is 1.44 bits per heavy atom. The summed E-state index contributed by atoms with van der Waals surface area (Å²) in [5, 5.41) is 7.26. The highest BCUT2D eigenvalue weighted by Gasteiger charge is 2.30. The fraction of sp³-hybridized carbons (Fsp3) is 1.00. The predicted molar refractivity (Wildman–Crippen MR) is 66.7 cm³/mol. The average Bonchev–Trinajstić information content (AvgIpc) is 2.97. The Labute approximate surface area is 99.3 Å². The fourth-order valence-corrected chi connectivity index (χ4v) is 2.91. The first-order valence-electron chi connectivity index (χ1n) is 6.92. The van der Waals surface area contributed by atoms with Crippen molar-refractivity contribution < 1.29 is 4.74 Å². The lowest BCUT2D eigenvalue weighted by Crippen LogP contribution is -2.48. The molecule has 0 aromatic carbocycles. The summed E-state index contributed by atoms with van der Waals surface area (Å²) in [6.07, 6.45) is 8.13. The van der Waals surface area contributed by atoms with Gasteiger partial charge in [0.2, 0.25) is 0 Å². The Kier molecular flexibility index (Phi) is 4.62. The van der Waals surface area contributed by atoms with Crippen LogP contribution in [-0.4, -0.2) is 37.9 Å². The molecule has 2 aliphatic heterocycles. The van der Waals surface area contributed by atoms with Gasteiger partial charge in [-0.15, -0.1) is 0 Å². The summed E-state index contributed by atoms with van der Waals surface area (Å²) in [5.41, 5.74) is 0.385. The molecule has 2 unspecified atom stereocenters. The molecule has 0 radical (unpaired) electrons. The predicted octanol–water partition coefficient (Wildman–Crippen LogP) is 1.68. The van der Waals surface area contributed by atoms with E-state index in [1.54, 1.807) is 0 Å². The maximum atomic E-state index is 5.62. The van der Waals surface area contributed by atoms with Crippen LogP contribution in [0.15, 0.2) is 0 Å². The van der Waals surface area contributed by atoms with E-state index in [0.717, 1.165) is 19.7 Å². The van der Waals surface area contributed by atoms with E-state index in [0.29, 0.717) is 11.6 Å². The molecule has 3 heteroatoms. The number of rotatable bonds is 6. The van der Waals surface area contributed by atoms with E-state index in [1.165, 1.54) is 45.1 Å². The highest BCUT2D eigenvalue weighted by Crippen LogP contribution is 2.22. The van der Waals surface area contributed by atoms with Gasteiger partial charge in [-0.25, -0.2) is 0 Å². The van der Waals surface area contributed by atoms with E-state index >= 15 is 0 Å². The minimum atomic E-state index is 0.385. The lowest BCUT2D eigenvalue weighted by Gasteiger charge is -2.28. The molecule has 0 aromatic heterocycles. The van der Waals surface area contributed by atoms with Crippen molar-refractivity contribution in [3.05, 3.63) is 0 Å². The number of hydrogen-bond donors (Lipinski definition) is 2. The first-order chi connectivity index (χ1) is 7.85. The number of hydrogen-bond acceptors (Lipinski definition) is 3. The van der Waals surface area contributed by atoms with Gasteiger partial charge in [0.1, 0.15) is 0 Å². The van der Waals surface area contributed by atoms with Crippen molar-refractivity contribution in [3.63, 3.8) is 0 Å². The second-order valence-electron chi connectivity index (χ2n) is 5.26. The minimum Gasteiger partial charge on any atom is -0.378 e. The van der Waals surface area contributed by atoms with Crippen LogP contribution >= 0.6 is 0 Å². The standard InChI is InChI=1S/C13H26N2O/c1-2-13(7-4-8-15-13)11-14-9-6-12-5-3-10-16-12/h12,14-15H,2-11H2,1H3. The topological polar surface area (TPSA) is 33.3 Å². The summed E-state index contributed by atoms with van der Waals surface area (Å²) in [4.78, 5) is 0. The molecule has 0 spiro atoms. The smallest absolute Gasteiger partial charge is 0.0588 e.